The molecule has 4 rings (SSSR count). The SMILES string of the molecule is CC(C)(C)[Si](OCCc1ccccc1NC(=O)c1cccnc1F)(c1ccccc1)c1ccccc1. The minimum Gasteiger partial charge on any atom is -0.407 e. The molecule has 0 aliphatic rings. The molecule has 1 N–H and O–H groups in total. The summed E-state index contributed by atoms with van der Waals surface area (Å²) in [7, 11) is -2.66. The summed E-state index contributed by atoms with van der Waals surface area (Å²) in [4.78, 5) is 16.3. The van der Waals surface area contributed by atoms with Gasteiger partial charge in [0, 0.05) is 18.5 Å². The fraction of sp³-hybridized carbons (Fsp3) is 0.200. The number of anilines is 1. The maximum Gasteiger partial charge on any atom is 0.261 e. The fourth-order valence-corrected chi connectivity index (χ4v) is 9.24. The molecule has 0 atom stereocenters. The highest BCUT2D eigenvalue weighted by molar-refractivity contribution is 6.99. The zero-order valence-corrected chi connectivity index (χ0v) is 21.9. The van der Waals surface area contributed by atoms with Gasteiger partial charge in [0.1, 0.15) is 0 Å². The number of carbonyl (C=O) groups is 1. The number of pyridine rings is 1. The summed E-state index contributed by atoms with van der Waals surface area (Å²) in [6, 6.07) is 31.5. The number of nitrogens with zero attached hydrogens (tertiary/aromatic N) is 1. The van der Waals surface area contributed by atoms with Crippen LogP contribution in [0.25, 0.3) is 0 Å². The van der Waals surface area contributed by atoms with Crippen LogP contribution in [0.2, 0.25) is 5.04 Å². The lowest BCUT2D eigenvalue weighted by molar-refractivity contribution is 0.102. The summed E-state index contributed by atoms with van der Waals surface area (Å²) in [5.74, 6) is -1.32. The first kappa shape index (κ1) is 25.5. The van der Waals surface area contributed by atoms with E-state index in [1.54, 1.807) is 6.07 Å². The first-order valence-electron chi connectivity index (χ1n) is 12.1. The average Bonchev–Trinajstić information content (AvgIpc) is 2.88. The minimum atomic E-state index is -2.66. The zero-order valence-electron chi connectivity index (χ0n) is 20.9. The lowest BCUT2D eigenvalue weighted by Crippen LogP contribution is -2.66. The smallest absolute Gasteiger partial charge is 0.261 e. The Hall–Kier alpha value is -3.61. The van der Waals surface area contributed by atoms with Crippen molar-refractivity contribution in [3.05, 3.63) is 120 Å². The minimum absolute atomic E-state index is 0.0872. The summed E-state index contributed by atoms with van der Waals surface area (Å²) in [6.07, 6.45) is 1.92. The Morgan fingerprint density at radius 1 is 0.861 bits per heavy atom. The number of benzene rings is 3. The molecular formula is C30H31FN2O2Si. The Bertz CT molecular complexity index is 1270. The van der Waals surface area contributed by atoms with Crippen molar-refractivity contribution < 1.29 is 13.6 Å². The van der Waals surface area contributed by atoms with E-state index in [0.717, 1.165) is 5.56 Å². The molecule has 4 aromatic rings. The van der Waals surface area contributed by atoms with E-state index in [0.29, 0.717) is 18.7 Å². The molecule has 3 aromatic carbocycles. The third kappa shape index (κ3) is 5.30. The zero-order chi connectivity index (χ0) is 25.6. The van der Waals surface area contributed by atoms with E-state index in [1.165, 1.54) is 22.6 Å². The van der Waals surface area contributed by atoms with Crippen LogP contribution in [-0.2, 0) is 10.8 Å². The van der Waals surface area contributed by atoms with Crippen molar-refractivity contribution in [2.24, 2.45) is 0 Å². The molecule has 0 aliphatic heterocycles. The molecule has 1 aromatic heterocycles. The number of hydrogen-bond acceptors (Lipinski definition) is 3. The van der Waals surface area contributed by atoms with Crippen LogP contribution in [0.4, 0.5) is 10.1 Å². The lowest BCUT2D eigenvalue weighted by Gasteiger charge is -2.43. The average molecular weight is 499 g/mol. The Morgan fingerprint density at radius 3 is 2.03 bits per heavy atom. The summed E-state index contributed by atoms with van der Waals surface area (Å²) in [5.41, 5.74) is 1.47. The van der Waals surface area contributed by atoms with E-state index in [4.69, 9.17) is 4.43 Å². The van der Waals surface area contributed by atoms with Crippen molar-refractivity contribution in [1.29, 1.82) is 0 Å². The second-order valence-corrected chi connectivity index (χ2v) is 14.0. The van der Waals surface area contributed by atoms with Crippen molar-refractivity contribution in [3.63, 3.8) is 0 Å². The van der Waals surface area contributed by atoms with Gasteiger partial charge in [0.05, 0.1) is 5.56 Å². The number of halogens is 1. The van der Waals surface area contributed by atoms with Gasteiger partial charge in [-0.05, 0) is 45.6 Å². The summed E-state index contributed by atoms with van der Waals surface area (Å²) in [6.45, 7) is 7.21. The molecule has 1 heterocycles. The molecule has 0 radical (unpaired) electrons. The number of carbonyl (C=O) groups excluding carboxylic acids is 1. The number of rotatable bonds is 8. The standard InChI is InChI=1S/C30H31FN2O2Si/c1-30(2,3)36(24-14-6-4-7-15-24,25-16-8-5-9-17-25)35-22-20-23-13-10-11-19-27(23)33-29(34)26-18-12-21-32-28(26)31/h4-19,21H,20,22H2,1-3H3,(H,33,34). The Kier molecular flexibility index (Phi) is 7.77. The van der Waals surface area contributed by atoms with Gasteiger partial charge in [0.2, 0.25) is 5.95 Å². The van der Waals surface area contributed by atoms with Crippen LogP contribution < -0.4 is 15.7 Å². The van der Waals surface area contributed by atoms with E-state index >= 15 is 0 Å². The van der Waals surface area contributed by atoms with Crippen molar-refractivity contribution >= 4 is 30.3 Å². The molecule has 0 saturated heterocycles. The topological polar surface area (TPSA) is 51.2 Å². The van der Waals surface area contributed by atoms with Gasteiger partial charge < -0.3 is 9.74 Å². The van der Waals surface area contributed by atoms with Crippen LogP contribution in [0.15, 0.2) is 103 Å². The van der Waals surface area contributed by atoms with E-state index in [1.807, 2.05) is 36.4 Å². The fourth-order valence-electron chi connectivity index (χ4n) is 4.68. The molecule has 0 aliphatic carbocycles. The van der Waals surface area contributed by atoms with Gasteiger partial charge in [0.15, 0.2) is 0 Å². The van der Waals surface area contributed by atoms with Crippen LogP contribution in [-0.4, -0.2) is 25.8 Å². The lowest BCUT2D eigenvalue weighted by atomic mass is 10.1. The van der Waals surface area contributed by atoms with Crippen LogP contribution in [0.5, 0.6) is 0 Å². The molecule has 36 heavy (non-hydrogen) atoms. The molecule has 0 bridgehead atoms. The van der Waals surface area contributed by atoms with Gasteiger partial charge >= 0.3 is 0 Å². The highest BCUT2D eigenvalue weighted by atomic mass is 28.4. The maximum absolute atomic E-state index is 14.0. The number of para-hydroxylation sites is 1. The first-order valence-corrected chi connectivity index (χ1v) is 14.0. The van der Waals surface area contributed by atoms with E-state index in [-0.39, 0.29) is 10.6 Å². The van der Waals surface area contributed by atoms with Crippen LogP contribution in [0.1, 0.15) is 36.7 Å². The van der Waals surface area contributed by atoms with Gasteiger partial charge in [-0.1, -0.05) is 99.6 Å². The van der Waals surface area contributed by atoms with Gasteiger partial charge in [0.25, 0.3) is 14.2 Å². The monoisotopic (exact) mass is 498 g/mol. The molecule has 0 spiro atoms. The predicted octanol–water partition coefficient (Wildman–Crippen LogP) is 5.59. The largest absolute Gasteiger partial charge is 0.407 e. The number of amides is 1. The van der Waals surface area contributed by atoms with Gasteiger partial charge in [-0.25, -0.2) is 4.98 Å². The second kappa shape index (κ2) is 11.0. The highest BCUT2D eigenvalue weighted by Crippen LogP contribution is 2.37. The van der Waals surface area contributed by atoms with E-state index in [2.05, 4.69) is 79.6 Å². The van der Waals surface area contributed by atoms with Crippen LogP contribution in [0, 0.1) is 5.95 Å². The van der Waals surface area contributed by atoms with Crippen LogP contribution >= 0.6 is 0 Å². The number of aromatic nitrogens is 1. The first-order chi connectivity index (χ1) is 17.3. The van der Waals surface area contributed by atoms with Crippen LogP contribution in [0.3, 0.4) is 0 Å². The van der Waals surface area contributed by atoms with Gasteiger partial charge in [-0.15, -0.1) is 0 Å². The third-order valence-corrected chi connectivity index (χ3v) is 11.4. The van der Waals surface area contributed by atoms with E-state index in [9.17, 15) is 9.18 Å². The van der Waals surface area contributed by atoms with Crippen molar-refractivity contribution in [1.82, 2.24) is 4.98 Å². The third-order valence-electron chi connectivity index (χ3n) is 6.38. The van der Waals surface area contributed by atoms with Crippen molar-refractivity contribution in [2.45, 2.75) is 32.2 Å². The molecule has 1 amide bonds. The number of nitrogens with one attached hydrogen (secondary N) is 1. The van der Waals surface area contributed by atoms with Gasteiger partial charge in [-0.2, -0.15) is 4.39 Å². The Balaban J connectivity index is 1.61. The molecule has 0 saturated carbocycles. The quantitative estimate of drug-likeness (QED) is 0.254. The van der Waals surface area contributed by atoms with Gasteiger partial charge in [-0.3, -0.25) is 4.79 Å². The molecule has 6 heteroatoms. The molecule has 0 fully saturated rings. The normalized spacial score (nSPS) is 11.8. The summed E-state index contributed by atoms with van der Waals surface area (Å²) < 4.78 is 21.0. The molecular weight excluding hydrogens is 467 g/mol. The molecule has 184 valence electrons. The Morgan fingerprint density at radius 2 is 1.44 bits per heavy atom. The highest BCUT2D eigenvalue weighted by Gasteiger charge is 2.49. The summed E-state index contributed by atoms with van der Waals surface area (Å²) in [5, 5.41) is 5.16. The second-order valence-electron chi connectivity index (χ2n) is 9.71. The molecule has 0 unspecified atom stereocenters. The van der Waals surface area contributed by atoms with Crippen molar-refractivity contribution in [3.8, 4) is 0 Å². The number of hydrogen-bond donors (Lipinski definition) is 1. The van der Waals surface area contributed by atoms with E-state index < -0.39 is 20.2 Å². The maximum atomic E-state index is 14.0. The summed E-state index contributed by atoms with van der Waals surface area (Å²) >= 11 is 0. The molecule has 4 nitrogen and oxygen atoms in total. The van der Waals surface area contributed by atoms with Crippen molar-refractivity contribution in [2.75, 3.05) is 11.9 Å². The predicted molar refractivity (Wildman–Crippen MR) is 146 cm³/mol. The Labute approximate surface area is 213 Å².